The van der Waals surface area contributed by atoms with E-state index in [2.05, 4.69) is 4.90 Å². The van der Waals surface area contributed by atoms with Crippen molar-refractivity contribution in [3.05, 3.63) is 0 Å². The van der Waals surface area contributed by atoms with Gasteiger partial charge in [-0.1, -0.05) is 0 Å². The quantitative estimate of drug-likeness (QED) is 0.500. The smallest absolute Gasteiger partial charge is 0.377 e. The SMILES string of the molecule is CO[Si](CCN1CCC2OC2C1)(OC)OC. The third-order valence-corrected chi connectivity index (χ3v) is 6.22. The molecule has 2 aliphatic rings. The maximum atomic E-state index is 5.49. The summed E-state index contributed by atoms with van der Waals surface area (Å²) < 4.78 is 21.7. The van der Waals surface area contributed by atoms with Crippen LogP contribution in [0.4, 0.5) is 0 Å². The Hall–Kier alpha value is 0.0169. The molecule has 2 unspecified atom stereocenters. The minimum atomic E-state index is -2.39. The molecule has 5 nitrogen and oxygen atoms in total. The van der Waals surface area contributed by atoms with Crippen LogP contribution in [0.5, 0.6) is 0 Å². The molecule has 0 aromatic heterocycles. The molecule has 2 heterocycles. The van der Waals surface area contributed by atoms with E-state index in [0.29, 0.717) is 12.2 Å². The zero-order chi connectivity index (χ0) is 11.6. The highest BCUT2D eigenvalue weighted by molar-refractivity contribution is 6.60. The molecule has 2 rings (SSSR count). The summed E-state index contributed by atoms with van der Waals surface area (Å²) in [7, 11) is 2.59. The Labute approximate surface area is 98.0 Å². The topological polar surface area (TPSA) is 43.5 Å². The molecule has 0 aliphatic carbocycles. The molecule has 2 aliphatic heterocycles. The number of rotatable bonds is 6. The number of hydrogen-bond donors (Lipinski definition) is 0. The fourth-order valence-electron chi connectivity index (χ4n) is 2.30. The Morgan fingerprint density at radius 3 is 2.44 bits per heavy atom. The number of nitrogens with zero attached hydrogens (tertiary/aromatic N) is 1. The van der Waals surface area contributed by atoms with Crippen molar-refractivity contribution in [1.29, 1.82) is 0 Å². The molecule has 2 saturated heterocycles. The highest BCUT2D eigenvalue weighted by Gasteiger charge is 2.44. The van der Waals surface area contributed by atoms with Gasteiger partial charge in [-0.05, 0) is 6.42 Å². The number of fused-ring (bicyclic) bond motifs is 1. The Bertz CT molecular complexity index is 229. The van der Waals surface area contributed by atoms with Crippen LogP contribution >= 0.6 is 0 Å². The number of likely N-dealkylation sites (tertiary alicyclic amines) is 1. The van der Waals surface area contributed by atoms with Gasteiger partial charge < -0.3 is 22.9 Å². The fraction of sp³-hybridized carbons (Fsp3) is 1.00. The lowest BCUT2D eigenvalue weighted by Gasteiger charge is -2.29. The molecule has 94 valence electrons. The van der Waals surface area contributed by atoms with E-state index in [1.165, 1.54) is 0 Å². The van der Waals surface area contributed by atoms with Crippen molar-refractivity contribution in [3.63, 3.8) is 0 Å². The molecular weight excluding hydrogens is 226 g/mol. The second-order valence-corrected chi connectivity index (χ2v) is 7.44. The molecule has 0 aromatic rings. The molecule has 0 saturated carbocycles. The van der Waals surface area contributed by atoms with Crippen molar-refractivity contribution < 1.29 is 18.0 Å². The predicted octanol–water partition coefficient (Wildman–Crippen LogP) is 0.338. The van der Waals surface area contributed by atoms with Gasteiger partial charge in [0.05, 0.1) is 12.2 Å². The lowest BCUT2D eigenvalue weighted by atomic mass is 10.1. The van der Waals surface area contributed by atoms with E-state index in [9.17, 15) is 0 Å². The van der Waals surface area contributed by atoms with Crippen molar-refractivity contribution in [2.24, 2.45) is 0 Å². The van der Waals surface area contributed by atoms with Crippen molar-refractivity contribution in [3.8, 4) is 0 Å². The van der Waals surface area contributed by atoms with Gasteiger partial charge in [0, 0.05) is 47.0 Å². The summed E-state index contributed by atoms with van der Waals surface area (Å²) in [4.78, 5) is 2.41. The van der Waals surface area contributed by atoms with Crippen LogP contribution in [0.25, 0.3) is 0 Å². The lowest BCUT2D eigenvalue weighted by molar-refractivity contribution is 0.117. The van der Waals surface area contributed by atoms with E-state index in [1.54, 1.807) is 21.3 Å². The summed E-state index contributed by atoms with van der Waals surface area (Å²) in [5.41, 5.74) is 0. The Morgan fingerprint density at radius 2 is 1.88 bits per heavy atom. The van der Waals surface area contributed by atoms with E-state index in [1.807, 2.05) is 0 Å². The molecule has 2 atom stereocenters. The van der Waals surface area contributed by atoms with Crippen LogP contribution in [0.15, 0.2) is 0 Å². The van der Waals surface area contributed by atoms with Crippen molar-refractivity contribution in [1.82, 2.24) is 4.90 Å². The molecular formula is C10H21NO4Si. The minimum Gasteiger partial charge on any atom is -0.377 e. The zero-order valence-electron chi connectivity index (χ0n) is 10.3. The molecule has 0 aromatic carbocycles. The monoisotopic (exact) mass is 247 g/mol. The first-order valence-corrected chi connectivity index (χ1v) is 7.69. The summed E-state index contributed by atoms with van der Waals surface area (Å²) >= 11 is 0. The van der Waals surface area contributed by atoms with Crippen molar-refractivity contribution >= 4 is 8.80 Å². The van der Waals surface area contributed by atoms with Gasteiger partial charge in [0.15, 0.2) is 0 Å². The normalized spacial score (nSPS) is 30.2. The first kappa shape index (κ1) is 12.5. The van der Waals surface area contributed by atoms with Crippen LogP contribution in [0.1, 0.15) is 6.42 Å². The van der Waals surface area contributed by atoms with Gasteiger partial charge in [0.1, 0.15) is 0 Å². The van der Waals surface area contributed by atoms with Crippen LogP contribution < -0.4 is 0 Å². The first-order chi connectivity index (χ1) is 7.73. The molecule has 0 N–H and O–H groups in total. The van der Waals surface area contributed by atoms with Gasteiger partial charge in [-0.3, -0.25) is 0 Å². The maximum Gasteiger partial charge on any atom is 0.501 e. The summed E-state index contributed by atoms with van der Waals surface area (Å²) in [5.74, 6) is 0. The summed E-state index contributed by atoms with van der Waals surface area (Å²) in [6.45, 7) is 3.13. The highest BCUT2D eigenvalue weighted by atomic mass is 28.4. The standard InChI is InChI=1S/C10H21NO4Si/c1-12-16(13-2,14-3)7-6-11-5-4-9-10(8-11)15-9/h9-10H,4-8H2,1-3H3. The van der Waals surface area contributed by atoms with E-state index in [-0.39, 0.29) is 0 Å². The summed E-state index contributed by atoms with van der Waals surface area (Å²) in [5, 5.41) is 0. The van der Waals surface area contributed by atoms with Crippen LogP contribution in [0, 0.1) is 0 Å². The molecule has 2 fully saturated rings. The maximum absolute atomic E-state index is 5.49. The Balaban J connectivity index is 1.76. The molecule has 6 heteroatoms. The average molecular weight is 247 g/mol. The number of piperidine rings is 1. The first-order valence-electron chi connectivity index (χ1n) is 5.76. The highest BCUT2D eigenvalue weighted by Crippen LogP contribution is 2.31. The lowest BCUT2D eigenvalue weighted by Crippen LogP contribution is -2.46. The van der Waals surface area contributed by atoms with E-state index in [4.69, 9.17) is 18.0 Å². The van der Waals surface area contributed by atoms with Crippen molar-refractivity contribution in [2.75, 3.05) is 41.0 Å². The largest absolute Gasteiger partial charge is 0.501 e. The Kier molecular flexibility index (Phi) is 3.99. The number of epoxide rings is 1. The van der Waals surface area contributed by atoms with E-state index >= 15 is 0 Å². The number of ether oxygens (including phenoxy) is 1. The third kappa shape index (κ3) is 2.64. The molecule has 0 radical (unpaired) electrons. The van der Waals surface area contributed by atoms with Crippen LogP contribution in [-0.2, 0) is 18.0 Å². The van der Waals surface area contributed by atoms with E-state index in [0.717, 1.165) is 32.1 Å². The van der Waals surface area contributed by atoms with Gasteiger partial charge >= 0.3 is 8.80 Å². The average Bonchev–Trinajstić information content (AvgIpc) is 3.10. The summed E-state index contributed by atoms with van der Waals surface area (Å²) in [6.07, 6.45) is 2.19. The molecule has 0 bridgehead atoms. The van der Waals surface area contributed by atoms with Crippen LogP contribution in [0.3, 0.4) is 0 Å². The minimum absolute atomic E-state index is 0.484. The van der Waals surface area contributed by atoms with Gasteiger partial charge in [-0.15, -0.1) is 0 Å². The second-order valence-electron chi connectivity index (χ2n) is 4.35. The van der Waals surface area contributed by atoms with Crippen molar-refractivity contribution in [2.45, 2.75) is 24.7 Å². The fourth-order valence-corrected chi connectivity index (χ4v) is 4.01. The molecule has 16 heavy (non-hydrogen) atoms. The van der Waals surface area contributed by atoms with Crippen LogP contribution in [-0.4, -0.2) is 66.9 Å². The predicted molar refractivity (Wildman–Crippen MR) is 61.3 cm³/mol. The summed E-state index contributed by atoms with van der Waals surface area (Å²) in [6, 6.07) is 0.841. The van der Waals surface area contributed by atoms with Gasteiger partial charge in [0.2, 0.25) is 0 Å². The van der Waals surface area contributed by atoms with Gasteiger partial charge in [-0.25, -0.2) is 0 Å². The van der Waals surface area contributed by atoms with Crippen LogP contribution in [0.2, 0.25) is 6.04 Å². The molecule has 0 spiro atoms. The zero-order valence-corrected chi connectivity index (χ0v) is 11.3. The number of hydrogen-bond acceptors (Lipinski definition) is 5. The third-order valence-electron chi connectivity index (χ3n) is 3.52. The van der Waals surface area contributed by atoms with Gasteiger partial charge in [-0.2, -0.15) is 0 Å². The van der Waals surface area contributed by atoms with E-state index < -0.39 is 8.80 Å². The van der Waals surface area contributed by atoms with Gasteiger partial charge in [0.25, 0.3) is 0 Å². The Morgan fingerprint density at radius 1 is 1.19 bits per heavy atom. The second kappa shape index (κ2) is 5.12. The molecule has 0 amide bonds.